The Labute approximate surface area is 110 Å². The van der Waals surface area contributed by atoms with Crippen LogP contribution in [0.5, 0.6) is 0 Å². The Morgan fingerprint density at radius 1 is 1.42 bits per heavy atom. The predicted octanol–water partition coefficient (Wildman–Crippen LogP) is 2.09. The highest BCUT2D eigenvalue weighted by Gasteiger charge is 2.10. The number of anilines is 1. The summed E-state index contributed by atoms with van der Waals surface area (Å²) in [4.78, 5) is 15.7. The lowest BCUT2D eigenvalue weighted by Crippen LogP contribution is -2.08. The molecule has 100 valence electrons. The van der Waals surface area contributed by atoms with Gasteiger partial charge in [-0.15, -0.1) is 0 Å². The van der Waals surface area contributed by atoms with Gasteiger partial charge in [0.1, 0.15) is 17.3 Å². The van der Waals surface area contributed by atoms with Gasteiger partial charge in [0.2, 0.25) is 0 Å². The van der Waals surface area contributed by atoms with Gasteiger partial charge in [-0.2, -0.15) is 0 Å². The van der Waals surface area contributed by atoms with Crippen LogP contribution in [0.1, 0.15) is 27.5 Å². The van der Waals surface area contributed by atoms with E-state index in [9.17, 15) is 4.79 Å². The molecule has 0 aliphatic heterocycles. The molecule has 6 nitrogen and oxygen atoms in total. The van der Waals surface area contributed by atoms with Gasteiger partial charge in [-0.05, 0) is 26.0 Å². The topological polar surface area (TPSA) is 77.2 Å². The van der Waals surface area contributed by atoms with Crippen LogP contribution in [0.2, 0.25) is 0 Å². The fourth-order valence-corrected chi connectivity index (χ4v) is 1.67. The Kier molecular flexibility index (Phi) is 3.79. The van der Waals surface area contributed by atoms with E-state index >= 15 is 0 Å². The molecular formula is C13H15N3O3. The summed E-state index contributed by atoms with van der Waals surface area (Å²) in [5, 5.41) is 6.99. The number of carbonyl (C=O) groups is 1. The summed E-state index contributed by atoms with van der Waals surface area (Å²) in [5.41, 5.74) is 1.88. The van der Waals surface area contributed by atoms with Crippen molar-refractivity contribution in [2.24, 2.45) is 0 Å². The Morgan fingerprint density at radius 2 is 2.21 bits per heavy atom. The fourth-order valence-electron chi connectivity index (χ4n) is 1.67. The number of aryl methyl sites for hydroxylation is 2. The molecule has 0 atom stereocenters. The third kappa shape index (κ3) is 3.09. The van der Waals surface area contributed by atoms with Crippen LogP contribution in [0, 0.1) is 13.8 Å². The van der Waals surface area contributed by atoms with E-state index in [0.717, 1.165) is 11.5 Å². The van der Waals surface area contributed by atoms with Crippen LogP contribution in [0.3, 0.4) is 0 Å². The molecule has 0 spiro atoms. The molecule has 19 heavy (non-hydrogen) atoms. The molecule has 0 saturated heterocycles. The molecule has 6 heteroatoms. The van der Waals surface area contributed by atoms with Crippen molar-refractivity contribution in [3.8, 4) is 0 Å². The number of hydrogen-bond donors (Lipinski definition) is 1. The largest absolute Gasteiger partial charge is 0.465 e. The Bertz CT molecular complexity index is 593. The quantitative estimate of drug-likeness (QED) is 0.849. The second kappa shape index (κ2) is 5.51. The first kappa shape index (κ1) is 13.1. The maximum Gasteiger partial charge on any atom is 0.339 e. The van der Waals surface area contributed by atoms with Gasteiger partial charge in [0.15, 0.2) is 0 Å². The number of carbonyl (C=O) groups excluding carboxylic acids is 1. The summed E-state index contributed by atoms with van der Waals surface area (Å²) in [6.07, 6.45) is 0. The molecule has 0 aromatic carbocycles. The highest BCUT2D eigenvalue weighted by atomic mass is 16.5. The van der Waals surface area contributed by atoms with Crippen LogP contribution < -0.4 is 5.32 Å². The van der Waals surface area contributed by atoms with Crippen molar-refractivity contribution in [2.75, 3.05) is 12.4 Å². The summed E-state index contributed by atoms with van der Waals surface area (Å²) in [6.45, 7) is 4.11. The first-order valence-electron chi connectivity index (χ1n) is 5.82. The van der Waals surface area contributed by atoms with Gasteiger partial charge in [0, 0.05) is 6.07 Å². The molecule has 0 aliphatic carbocycles. The van der Waals surface area contributed by atoms with Gasteiger partial charge in [-0.1, -0.05) is 5.16 Å². The van der Waals surface area contributed by atoms with Crippen molar-refractivity contribution < 1.29 is 14.1 Å². The van der Waals surface area contributed by atoms with E-state index in [4.69, 9.17) is 4.52 Å². The van der Waals surface area contributed by atoms with Crippen molar-refractivity contribution in [3.63, 3.8) is 0 Å². The van der Waals surface area contributed by atoms with Gasteiger partial charge in [-0.3, -0.25) is 0 Å². The van der Waals surface area contributed by atoms with Gasteiger partial charge < -0.3 is 14.6 Å². The minimum absolute atomic E-state index is 0.385. The van der Waals surface area contributed by atoms with Gasteiger partial charge in [0.25, 0.3) is 0 Å². The molecule has 0 radical (unpaired) electrons. The lowest BCUT2D eigenvalue weighted by Gasteiger charge is -2.07. The average Bonchev–Trinajstić information content (AvgIpc) is 2.81. The van der Waals surface area contributed by atoms with E-state index in [1.807, 2.05) is 13.0 Å². The highest BCUT2D eigenvalue weighted by Crippen LogP contribution is 2.12. The molecule has 2 aromatic heterocycles. The second-order valence-corrected chi connectivity index (χ2v) is 4.10. The molecule has 2 rings (SSSR count). The van der Waals surface area contributed by atoms with Crippen LogP contribution >= 0.6 is 0 Å². The molecule has 0 bridgehead atoms. The maximum atomic E-state index is 11.4. The standard InChI is InChI=1S/C13H15N3O3/c1-8-6-10(16-19-8)7-14-12-5-4-11(9(2)15-12)13(17)18-3/h4-6H,7H2,1-3H3,(H,14,15). The van der Waals surface area contributed by atoms with Crippen LogP contribution in [0.4, 0.5) is 5.82 Å². The van der Waals surface area contributed by atoms with Crippen LogP contribution in [0.25, 0.3) is 0 Å². The zero-order valence-corrected chi connectivity index (χ0v) is 11.1. The molecule has 2 aromatic rings. The number of ether oxygens (including phenoxy) is 1. The third-order valence-corrected chi connectivity index (χ3v) is 2.62. The fraction of sp³-hybridized carbons (Fsp3) is 0.308. The molecule has 0 aliphatic rings. The minimum Gasteiger partial charge on any atom is -0.465 e. The predicted molar refractivity (Wildman–Crippen MR) is 68.9 cm³/mol. The van der Waals surface area contributed by atoms with Gasteiger partial charge >= 0.3 is 5.97 Å². The van der Waals surface area contributed by atoms with Crippen molar-refractivity contribution >= 4 is 11.8 Å². The molecule has 0 fully saturated rings. The third-order valence-electron chi connectivity index (χ3n) is 2.62. The lowest BCUT2D eigenvalue weighted by molar-refractivity contribution is 0.0599. The van der Waals surface area contributed by atoms with Crippen LogP contribution in [-0.4, -0.2) is 23.2 Å². The Hall–Kier alpha value is -2.37. The summed E-state index contributed by atoms with van der Waals surface area (Å²) in [5.74, 6) is 1.05. The molecule has 2 heterocycles. The normalized spacial score (nSPS) is 10.3. The van der Waals surface area contributed by atoms with E-state index < -0.39 is 0 Å². The summed E-state index contributed by atoms with van der Waals surface area (Å²) in [7, 11) is 1.35. The minimum atomic E-state index is -0.385. The van der Waals surface area contributed by atoms with Crippen LogP contribution in [0.15, 0.2) is 22.7 Å². The SMILES string of the molecule is COC(=O)c1ccc(NCc2cc(C)on2)nc1C. The number of nitrogens with zero attached hydrogens (tertiary/aromatic N) is 2. The van der Waals surface area contributed by atoms with E-state index in [-0.39, 0.29) is 5.97 Å². The average molecular weight is 261 g/mol. The van der Waals surface area contributed by atoms with Gasteiger partial charge in [0.05, 0.1) is 24.9 Å². The van der Waals surface area contributed by atoms with Crippen molar-refractivity contribution in [3.05, 3.63) is 40.9 Å². The van der Waals surface area contributed by atoms with E-state index in [0.29, 0.717) is 23.6 Å². The summed E-state index contributed by atoms with van der Waals surface area (Å²) >= 11 is 0. The van der Waals surface area contributed by atoms with E-state index in [1.54, 1.807) is 19.1 Å². The molecule has 1 N–H and O–H groups in total. The number of hydrogen-bond acceptors (Lipinski definition) is 6. The number of pyridine rings is 1. The number of nitrogens with one attached hydrogen (secondary N) is 1. The zero-order valence-electron chi connectivity index (χ0n) is 11.1. The molecule has 0 amide bonds. The maximum absolute atomic E-state index is 11.4. The van der Waals surface area contributed by atoms with Crippen LogP contribution in [-0.2, 0) is 11.3 Å². The molecule has 0 saturated carbocycles. The van der Waals surface area contributed by atoms with Crippen molar-refractivity contribution in [1.29, 1.82) is 0 Å². The zero-order chi connectivity index (χ0) is 13.8. The number of esters is 1. The van der Waals surface area contributed by atoms with Gasteiger partial charge in [-0.25, -0.2) is 9.78 Å². The molecule has 0 unspecified atom stereocenters. The second-order valence-electron chi connectivity index (χ2n) is 4.10. The lowest BCUT2D eigenvalue weighted by atomic mass is 10.2. The van der Waals surface area contributed by atoms with E-state index in [2.05, 4.69) is 20.2 Å². The Morgan fingerprint density at radius 3 is 2.79 bits per heavy atom. The number of aromatic nitrogens is 2. The Balaban J connectivity index is 2.06. The van der Waals surface area contributed by atoms with Crippen molar-refractivity contribution in [2.45, 2.75) is 20.4 Å². The monoisotopic (exact) mass is 261 g/mol. The number of rotatable bonds is 4. The smallest absolute Gasteiger partial charge is 0.339 e. The summed E-state index contributed by atoms with van der Waals surface area (Å²) in [6, 6.07) is 5.26. The first-order valence-corrected chi connectivity index (χ1v) is 5.82. The van der Waals surface area contributed by atoms with Crippen molar-refractivity contribution in [1.82, 2.24) is 10.1 Å². The number of methoxy groups -OCH3 is 1. The highest BCUT2D eigenvalue weighted by molar-refractivity contribution is 5.90. The summed E-state index contributed by atoms with van der Waals surface area (Å²) < 4.78 is 9.64. The first-order chi connectivity index (χ1) is 9.10. The van der Waals surface area contributed by atoms with E-state index in [1.165, 1.54) is 7.11 Å². The molecular weight excluding hydrogens is 246 g/mol.